The van der Waals surface area contributed by atoms with Gasteiger partial charge in [0.25, 0.3) is 0 Å². The first kappa shape index (κ1) is 13.3. The third-order valence-corrected chi connectivity index (χ3v) is 3.66. The molecule has 0 bridgehead atoms. The summed E-state index contributed by atoms with van der Waals surface area (Å²) in [5.41, 5.74) is 1.74. The largest absolute Gasteiger partial charge is 0.506 e. The third kappa shape index (κ3) is 3.43. The Bertz CT molecular complexity index is 387. The maximum atomic E-state index is 9.84. The van der Waals surface area contributed by atoms with Gasteiger partial charge in [-0.15, -0.1) is 0 Å². The Balaban J connectivity index is 2.00. The van der Waals surface area contributed by atoms with Crippen molar-refractivity contribution in [1.29, 1.82) is 0 Å². The summed E-state index contributed by atoms with van der Waals surface area (Å²) in [7, 11) is 2.12. The van der Waals surface area contributed by atoms with Crippen LogP contribution < -0.4 is 5.32 Å². The molecule has 0 aliphatic carbocycles. The molecule has 0 saturated carbocycles. The number of aromatic hydroxyl groups is 1. The number of nitrogens with one attached hydrogen (secondary N) is 1. The monoisotopic (exact) mass is 249 g/mol. The van der Waals surface area contributed by atoms with Gasteiger partial charge in [-0.3, -0.25) is 9.88 Å². The van der Waals surface area contributed by atoms with Crippen molar-refractivity contribution in [2.45, 2.75) is 38.8 Å². The van der Waals surface area contributed by atoms with E-state index in [-0.39, 0.29) is 0 Å². The molecule has 1 aromatic heterocycles. The minimum absolute atomic E-state index is 0.305. The number of aromatic nitrogens is 1. The maximum absolute atomic E-state index is 9.84. The second-order valence-corrected chi connectivity index (χ2v) is 5.17. The van der Waals surface area contributed by atoms with Gasteiger partial charge >= 0.3 is 0 Å². The predicted octanol–water partition coefficient (Wildman–Crippen LogP) is 1.67. The van der Waals surface area contributed by atoms with Crippen LogP contribution in [0.1, 0.15) is 30.7 Å². The van der Waals surface area contributed by atoms with E-state index in [1.807, 2.05) is 13.0 Å². The lowest BCUT2D eigenvalue weighted by Crippen LogP contribution is -2.32. The van der Waals surface area contributed by atoms with Crippen LogP contribution in [0.25, 0.3) is 0 Å². The summed E-state index contributed by atoms with van der Waals surface area (Å²) < 4.78 is 0. The zero-order valence-electron chi connectivity index (χ0n) is 11.3. The van der Waals surface area contributed by atoms with E-state index in [4.69, 9.17) is 0 Å². The Morgan fingerprint density at radius 2 is 2.22 bits per heavy atom. The molecular weight excluding hydrogens is 226 g/mol. The summed E-state index contributed by atoms with van der Waals surface area (Å²) >= 11 is 0. The van der Waals surface area contributed by atoms with Crippen molar-refractivity contribution in [2.75, 3.05) is 20.1 Å². The van der Waals surface area contributed by atoms with Gasteiger partial charge in [-0.1, -0.05) is 0 Å². The third-order valence-electron chi connectivity index (χ3n) is 3.66. The zero-order valence-corrected chi connectivity index (χ0v) is 11.3. The van der Waals surface area contributed by atoms with E-state index in [0.717, 1.165) is 31.0 Å². The maximum Gasteiger partial charge on any atom is 0.138 e. The van der Waals surface area contributed by atoms with Crippen LogP contribution >= 0.6 is 0 Å². The second-order valence-electron chi connectivity index (χ2n) is 5.17. The van der Waals surface area contributed by atoms with Crippen molar-refractivity contribution in [1.82, 2.24) is 15.2 Å². The Labute approximate surface area is 109 Å². The van der Waals surface area contributed by atoms with Gasteiger partial charge in [0.15, 0.2) is 0 Å². The molecule has 1 aliphatic heterocycles. The normalized spacial score (nSPS) is 20.9. The van der Waals surface area contributed by atoms with Crippen molar-refractivity contribution >= 4 is 0 Å². The Morgan fingerprint density at radius 3 is 3.06 bits per heavy atom. The zero-order chi connectivity index (χ0) is 13.0. The summed E-state index contributed by atoms with van der Waals surface area (Å²) in [5.74, 6) is 0.305. The lowest BCUT2D eigenvalue weighted by atomic mass is 10.1. The van der Waals surface area contributed by atoms with E-state index in [0.29, 0.717) is 11.8 Å². The van der Waals surface area contributed by atoms with Crippen molar-refractivity contribution in [3.05, 3.63) is 23.5 Å². The van der Waals surface area contributed by atoms with E-state index >= 15 is 0 Å². The molecule has 1 atom stereocenters. The number of pyridine rings is 1. The quantitative estimate of drug-likeness (QED) is 0.855. The molecule has 2 N–H and O–H groups in total. The van der Waals surface area contributed by atoms with Crippen molar-refractivity contribution in [2.24, 2.45) is 0 Å². The van der Waals surface area contributed by atoms with Gasteiger partial charge in [0, 0.05) is 18.3 Å². The van der Waals surface area contributed by atoms with Gasteiger partial charge in [-0.25, -0.2) is 0 Å². The fourth-order valence-electron chi connectivity index (χ4n) is 2.53. The van der Waals surface area contributed by atoms with Crippen LogP contribution in [0.15, 0.2) is 12.1 Å². The fraction of sp³-hybridized carbons (Fsp3) is 0.643. The molecule has 18 heavy (non-hydrogen) atoms. The van der Waals surface area contributed by atoms with E-state index in [1.54, 1.807) is 6.07 Å². The van der Waals surface area contributed by atoms with Gasteiger partial charge in [-0.2, -0.15) is 0 Å². The van der Waals surface area contributed by atoms with Crippen LogP contribution in [-0.2, 0) is 6.54 Å². The molecule has 1 fully saturated rings. The molecular formula is C14H23N3O. The van der Waals surface area contributed by atoms with Gasteiger partial charge < -0.3 is 10.4 Å². The van der Waals surface area contributed by atoms with Crippen LogP contribution in [0.3, 0.4) is 0 Å². The Hall–Kier alpha value is -1.13. The first-order valence-electron chi connectivity index (χ1n) is 6.73. The van der Waals surface area contributed by atoms with E-state index in [1.165, 1.54) is 19.3 Å². The Morgan fingerprint density at radius 1 is 1.39 bits per heavy atom. The number of nitrogens with zero attached hydrogens (tertiary/aromatic N) is 2. The summed E-state index contributed by atoms with van der Waals surface area (Å²) in [5, 5.41) is 13.3. The van der Waals surface area contributed by atoms with E-state index < -0.39 is 0 Å². The summed E-state index contributed by atoms with van der Waals surface area (Å²) in [6.07, 6.45) is 3.61. The average Bonchev–Trinajstić information content (AvgIpc) is 2.62. The smallest absolute Gasteiger partial charge is 0.138 e. The topological polar surface area (TPSA) is 48.4 Å². The molecule has 1 saturated heterocycles. The average molecular weight is 249 g/mol. The SMILES string of the molecule is Cc1ccc(O)c(CN(C)C2CCCNCC2)n1. The first-order chi connectivity index (χ1) is 8.66. The summed E-state index contributed by atoms with van der Waals surface area (Å²) in [6, 6.07) is 4.16. The van der Waals surface area contributed by atoms with Crippen molar-refractivity contribution in [3.8, 4) is 5.75 Å². The highest BCUT2D eigenvalue weighted by molar-refractivity contribution is 5.27. The van der Waals surface area contributed by atoms with Gasteiger partial charge in [-0.05, 0) is 58.5 Å². The highest BCUT2D eigenvalue weighted by Crippen LogP contribution is 2.19. The van der Waals surface area contributed by atoms with Crippen molar-refractivity contribution in [3.63, 3.8) is 0 Å². The van der Waals surface area contributed by atoms with Gasteiger partial charge in [0.2, 0.25) is 0 Å². The van der Waals surface area contributed by atoms with Gasteiger partial charge in [0.1, 0.15) is 5.75 Å². The van der Waals surface area contributed by atoms with Crippen LogP contribution in [0.2, 0.25) is 0 Å². The molecule has 2 rings (SSSR count). The molecule has 100 valence electrons. The minimum atomic E-state index is 0.305. The van der Waals surface area contributed by atoms with Crippen molar-refractivity contribution < 1.29 is 5.11 Å². The highest BCUT2D eigenvalue weighted by Gasteiger charge is 2.18. The number of aryl methyl sites for hydroxylation is 1. The van der Waals surface area contributed by atoms with Crippen LogP contribution in [0.4, 0.5) is 0 Å². The molecule has 4 heteroatoms. The summed E-state index contributed by atoms with van der Waals surface area (Å²) in [6.45, 7) is 4.89. The minimum Gasteiger partial charge on any atom is -0.506 e. The number of hydrogen-bond donors (Lipinski definition) is 2. The molecule has 1 aliphatic rings. The lowest BCUT2D eigenvalue weighted by Gasteiger charge is -2.26. The molecule has 0 spiro atoms. The van der Waals surface area contributed by atoms with E-state index in [2.05, 4.69) is 22.2 Å². The molecule has 0 radical (unpaired) electrons. The molecule has 2 heterocycles. The molecule has 1 aromatic rings. The fourth-order valence-corrected chi connectivity index (χ4v) is 2.53. The van der Waals surface area contributed by atoms with Crippen LogP contribution in [-0.4, -0.2) is 41.2 Å². The first-order valence-corrected chi connectivity index (χ1v) is 6.73. The number of rotatable bonds is 3. The standard InChI is InChI=1S/C14H23N3O/c1-11-5-6-14(18)13(16-11)10-17(2)12-4-3-8-15-9-7-12/h5-6,12,15,18H,3-4,7-10H2,1-2H3. The highest BCUT2D eigenvalue weighted by atomic mass is 16.3. The second kappa shape index (κ2) is 6.16. The van der Waals surface area contributed by atoms with E-state index in [9.17, 15) is 5.11 Å². The van der Waals surface area contributed by atoms with Gasteiger partial charge in [0.05, 0.1) is 5.69 Å². The van der Waals surface area contributed by atoms with Crippen LogP contribution in [0.5, 0.6) is 5.75 Å². The lowest BCUT2D eigenvalue weighted by molar-refractivity contribution is 0.211. The molecule has 0 aromatic carbocycles. The van der Waals surface area contributed by atoms with Crippen LogP contribution in [0, 0.1) is 6.92 Å². The number of hydrogen-bond acceptors (Lipinski definition) is 4. The Kier molecular flexibility index (Phi) is 4.55. The molecule has 4 nitrogen and oxygen atoms in total. The molecule has 1 unspecified atom stereocenters. The molecule has 0 amide bonds. The summed E-state index contributed by atoms with van der Waals surface area (Å²) in [4.78, 5) is 6.74. The predicted molar refractivity (Wildman–Crippen MR) is 72.6 cm³/mol.